The zero-order valence-corrected chi connectivity index (χ0v) is 7.08. The van der Waals surface area contributed by atoms with Crippen LogP contribution < -0.4 is 5.32 Å². The zero-order chi connectivity index (χ0) is 8.81. The molecule has 0 aromatic carbocycles. The van der Waals surface area contributed by atoms with E-state index in [-0.39, 0.29) is 0 Å². The summed E-state index contributed by atoms with van der Waals surface area (Å²) in [6.45, 7) is 0.722. The van der Waals surface area contributed by atoms with E-state index in [0.717, 1.165) is 6.54 Å². The van der Waals surface area contributed by atoms with E-state index in [1.165, 1.54) is 12.8 Å². The predicted octanol–water partition coefficient (Wildman–Crippen LogP) is 1.18. The van der Waals surface area contributed by atoms with Crippen LogP contribution in [0.5, 0.6) is 0 Å². The molecule has 1 rings (SSSR count). The molecule has 0 aliphatic heterocycles. The summed E-state index contributed by atoms with van der Waals surface area (Å²) in [6, 6.07) is 4.59. The first-order valence-corrected chi connectivity index (χ1v) is 4.35. The summed E-state index contributed by atoms with van der Waals surface area (Å²) in [5.41, 5.74) is 0. The van der Waals surface area contributed by atoms with Crippen LogP contribution in [0.1, 0.15) is 25.7 Å². The van der Waals surface area contributed by atoms with Gasteiger partial charge in [-0.1, -0.05) is 0 Å². The normalized spacial score (nSPS) is 17.8. The molecule has 3 heteroatoms. The Labute approximate surface area is 73.0 Å². The van der Waals surface area contributed by atoms with Crippen LogP contribution in [0, 0.1) is 28.6 Å². The Morgan fingerprint density at radius 3 is 2.58 bits per heavy atom. The summed E-state index contributed by atoms with van der Waals surface area (Å²) in [5.74, 6) is 0.698. The van der Waals surface area contributed by atoms with E-state index in [4.69, 9.17) is 10.5 Å². The maximum Gasteiger partial charge on any atom is 0.0638 e. The van der Waals surface area contributed by atoms with Crippen LogP contribution in [-0.2, 0) is 0 Å². The van der Waals surface area contributed by atoms with Gasteiger partial charge in [0.1, 0.15) is 0 Å². The van der Waals surface area contributed by atoms with E-state index in [2.05, 4.69) is 17.5 Å². The summed E-state index contributed by atoms with van der Waals surface area (Å²) in [7, 11) is 0. The summed E-state index contributed by atoms with van der Waals surface area (Å²) < 4.78 is 0. The third kappa shape index (κ3) is 2.90. The quantitative estimate of drug-likeness (QED) is 0.619. The highest BCUT2D eigenvalue weighted by molar-refractivity contribution is 4.92. The largest absolute Gasteiger partial charge is 0.312 e. The lowest BCUT2D eigenvalue weighted by Crippen LogP contribution is -2.31. The fourth-order valence-corrected chi connectivity index (χ4v) is 1.32. The van der Waals surface area contributed by atoms with Crippen molar-refractivity contribution in [3.05, 3.63) is 0 Å². The Hall–Kier alpha value is -1.06. The molecule has 0 bridgehead atoms. The molecule has 1 N–H and O–H groups in total. The molecule has 0 radical (unpaired) electrons. The molecule has 1 fully saturated rings. The van der Waals surface area contributed by atoms with E-state index < -0.39 is 0 Å². The van der Waals surface area contributed by atoms with Gasteiger partial charge in [-0.25, -0.2) is 0 Å². The van der Waals surface area contributed by atoms with Crippen molar-refractivity contribution < 1.29 is 0 Å². The molecule has 1 saturated carbocycles. The monoisotopic (exact) mass is 163 g/mol. The minimum absolute atomic E-state index is 0.336. The van der Waals surface area contributed by atoms with E-state index in [0.29, 0.717) is 24.8 Å². The smallest absolute Gasteiger partial charge is 0.0638 e. The van der Waals surface area contributed by atoms with Gasteiger partial charge in [0.05, 0.1) is 18.6 Å². The van der Waals surface area contributed by atoms with Crippen molar-refractivity contribution in [2.45, 2.75) is 31.7 Å². The molecular formula is C9H13N3. The second kappa shape index (κ2) is 4.74. The second-order valence-corrected chi connectivity index (χ2v) is 3.17. The van der Waals surface area contributed by atoms with Gasteiger partial charge in [0.2, 0.25) is 0 Å². The highest BCUT2D eigenvalue weighted by atomic mass is 14.9. The number of nitrogens with zero attached hydrogens (tertiary/aromatic N) is 2. The molecule has 1 aliphatic carbocycles. The van der Waals surface area contributed by atoms with Gasteiger partial charge in [-0.2, -0.15) is 10.5 Å². The van der Waals surface area contributed by atoms with Crippen LogP contribution in [0.25, 0.3) is 0 Å². The molecule has 0 aromatic rings. The molecule has 0 heterocycles. The summed E-state index contributed by atoms with van der Waals surface area (Å²) in [5, 5.41) is 20.1. The van der Waals surface area contributed by atoms with E-state index in [1.807, 2.05) is 0 Å². The van der Waals surface area contributed by atoms with Crippen LogP contribution in [0.15, 0.2) is 0 Å². The standard InChI is InChI=1S/C9H13N3/c10-5-1-7-12-9(4-6-11)8-2-3-8/h8-9,12H,1-4,7H2/t9-/m1/s1. The van der Waals surface area contributed by atoms with Crippen LogP contribution in [0.4, 0.5) is 0 Å². The number of nitriles is 2. The van der Waals surface area contributed by atoms with E-state index in [9.17, 15) is 0 Å². The molecule has 12 heavy (non-hydrogen) atoms. The van der Waals surface area contributed by atoms with Crippen molar-refractivity contribution >= 4 is 0 Å². The number of hydrogen-bond acceptors (Lipinski definition) is 3. The third-order valence-electron chi connectivity index (χ3n) is 2.15. The Morgan fingerprint density at radius 1 is 1.33 bits per heavy atom. The summed E-state index contributed by atoms with van der Waals surface area (Å²) >= 11 is 0. The molecule has 0 saturated heterocycles. The Balaban J connectivity index is 2.16. The first-order valence-electron chi connectivity index (χ1n) is 4.35. The van der Waals surface area contributed by atoms with Gasteiger partial charge >= 0.3 is 0 Å². The van der Waals surface area contributed by atoms with Crippen LogP contribution in [-0.4, -0.2) is 12.6 Å². The molecule has 0 amide bonds. The lowest BCUT2D eigenvalue weighted by Gasteiger charge is -2.12. The fraction of sp³-hybridized carbons (Fsp3) is 0.778. The lowest BCUT2D eigenvalue weighted by molar-refractivity contribution is 0.475. The molecule has 0 unspecified atom stereocenters. The highest BCUT2D eigenvalue weighted by Crippen LogP contribution is 2.33. The van der Waals surface area contributed by atoms with Gasteiger partial charge in [-0.15, -0.1) is 0 Å². The highest BCUT2D eigenvalue weighted by Gasteiger charge is 2.30. The van der Waals surface area contributed by atoms with Crippen molar-refractivity contribution in [3.8, 4) is 12.1 Å². The minimum atomic E-state index is 0.336. The summed E-state index contributed by atoms with van der Waals surface area (Å²) in [6.07, 6.45) is 3.60. The fourth-order valence-electron chi connectivity index (χ4n) is 1.32. The van der Waals surface area contributed by atoms with Crippen molar-refractivity contribution in [1.82, 2.24) is 5.32 Å². The average molecular weight is 163 g/mol. The van der Waals surface area contributed by atoms with Crippen LogP contribution >= 0.6 is 0 Å². The second-order valence-electron chi connectivity index (χ2n) is 3.17. The zero-order valence-electron chi connectivity index (χ0n) is 7.08. The van der Waals surface area contributed by atoms with Gasteiger partial charge < -0.3 is 5.32 Å². The molecular weight excluding hydrogens is 150 g/mol. The summed E-state index contributed by atoms with van der Waals surface area (Å²) in [4.78, 5) is 0. The lowest BCUT2D eigenvalue weighted by atomic mass is 10.1. The molecule has 0 spiro atoms. The predicted molar refractivity (Wildman–Crippen MR) is 45.0 cm³/mol. The first-order chi connectivity index (χ1) is 5.88. The van der Waals surface area contributed by atoms with Crippen molar-refractivity contribution in [2.75, 3.05) is 6.54 Å². The van der Waals surface area contributed by atoms with Gasteiger partial charge in [0.15, 0.2) is 0 Å². The van der Waals surface area contributed by atoms with Crippen LogP contribution in [0.2, 0.25) is 0 Å². The van der Waals surface area contributed by atoms with E-state index in [1.54, 1.807) is 0 Å². The number of hydrogen-bond donors (Lipinski definition) is 1. The third-order valence-corrected chi connectivity index (χ3v) is 2.15. The maximum atomic E-state index is 8.51. The van der Waals surface area contributed by atoms with Gasteiger partial charge in [-0.05, 0) is 18.8 Å². The SMILES string of the molecule is N#CCCN[C@H](CC#N)C1CC1. The molecule has 64 valence electrons. The average Bonchev–Trinajstić information content (AvgIpc) is 2.86. The van der Waals surface area contributed by atoms with Crippen molar-refractivity contribution in [2.24, 2.45) is 5.92 Å². The molecule has 3 nitrogen and oxygen atoms in total. The van der Waals surface area contributed by atoms with Crippen LogP contribution in [0.3, 0.4) is 0 Å². The molecule has 0 aromatic heterocycles. The Kier molecular flexibility index (Phi) is 3.57. The maximum absolute atomic E-state index is 8.51. The Morgan fingerprint density at radius 2 is 2.08 bits per heavy atom. The number of nitrogens with one attached hydrogen (secondary N) is 1. The van der Waals surface area contributed by atoms with Gasteiger partial charge in [0, 0.05) is 19.0 Å². The van der Waals surface area contributed by atoms with E-state index >= 15 is 0 Å². The van der Waals surface area contributed by atoms with Gasteiger partial charge in [-0.3, -0.25) is 0 Å². The van der Waals surface area contributed by atoms with Crippen molar-refractivity contribution in [1.29, 1.82) is 10.5 Å². The Bertz CT molecular complexity index is 207. The molecule has 1 atom stereocenters. The first kappa shape index (κ1) is 9.03. The van der Waals surface area contributed by atoms with Gasteiger partial charge in [0.25, 0.3) is 0 Å². The number of rotatable bonds is 5. The minimum Gasteiger partial charge on any atom is -0.312 e. The topological polar surface area (TPSA) is 59.6 Å². The van der Waals surface area contributed by atoms with Crippen molar-refractivity contribution in [3.63, 3.8) is 0 Å². The molecule has 1 aliphatic rings.